The maximum atomic E-state index is 12.8. The first kappa shape index (κ1) is 12.8. The second-order valence-corrected chi connectivity index (χ2v) is 4.84. The molecule has 2 heterocycles. The molecule has 1 aromatic carbocycles. The van der Waals surface area contributed by atoms with E-state index in [0.717, 1.165) is 11.3 Å². The lowest BCUT2D eigenvalue weighted by Gasteiger charge is -1.97. The molecule has 0 aliphatic carbocycles. The molecule has 2 aromatic heterocycles. The van der Waals surface area contributed by atoms with Crippen molar-refractivity contribution in [3.63, 3.8) is 0 Å². The molecule has 0 spiro atoms. The topological polar surface area (TPSA) is 43.1 Å². The molecule has 0 saturated carbocycles. The van der Waals surface area contributed by atoms with Crippen LogP contribution in [0, 0.1) is 5.82 Å². The fourth-order valence-electron chi connectivity index (χ4n) is 1.76. The van der Waals surface area contributed by atoms with Crippen LogP contribution in [0.25, 0.3) is 17.9 Å². The lowest BCUT2D eigenvalue weighted by atomic mass is 10.2. The summed E-state index contributed by atoms with van der Waals surface area (Å²) in [5.74, 6) is 0.324. The van der Waals surface area contributed by atoms with Crippen molar-refractivity contribution in [3.8, 4) is 0 Å². The Morgan fingerprint density at radius 3 is 2.70 bits per heavy atom. The van der Waals surface area contributed by atoms with Crippen LogP contribution < -0.4 is 0 Å². The van der Waals surface area contributed by atoms with E-state index in [1.165, 1.54) is 23.9 Å². The smallest absolute Gasteiger partial charge is 0.220 e. The monoisotopic (exact) mass is 286 g/mol. The summed E-state index contributed by atoms with van der Waals surface area (Å²) in [6.07, 6.45) is 7.41. The maximum Gasteiger partial charge on any atom is 0.253 e. The highest BCUT2D eigenvalue weighted by Crippen LogP contribution is 2.13. The molecule has 3 rings (SSSR count). The number of rotatable bonds is 3. The normalized spacial score (nSPS) is 11.5. The Morgan fingerprint density at radius 1 is 1.15 bits per heavy atom. The van der Waals surface area contributed by atoms with Gasteiger partial charge in [0.15, 0.2) is 0 Å². The fourth-order valence-corrected chi connectivity index (χ4v) is 2.10. The summed E-state index contributed by atoms with van der Waals surface area (Å²) in [6.45, 7) is 0. The van der Waals surface area contributed by atoms with E-state index in [1.807, 2.05) is 24.5 Å². The quantitative estimate of drug-likeness (QED) is 0.694. The van der Waals surface area contributed by atoms with Crippen LogP contribution in [0.1, 0.15) is 11.3 Å². The van der Waals surface area contributed by atoms with Gasteiger partial charge >= 0.3 is 0 Å². The van der Waals surface area contributed by atoms with Gasteiger partial charge in [0, 0.05) is 6.20 Å². The standard InChI is InChI=1S/C14H11FN4S/c1-20-14-17-13-16-9-8-12(19(13)18-14)7-4-10-2-5-11(15)6-3-10/h2-9H,1H3/b7-4+. The summed E-state index contributed by atoms with van der Waals surface area (Å²) in [4.78, 5) is 8.45. The largest absolute Gasteiger partial charge is 0.253 e. The van der Waals surface area contributed by atoms with Gasteiger partial charge in [0.1, 0.15) is 5.82 Å². The fraction of sp³-hybridized carbons (Fsp3) is 0.0714. The number of benzene rings is 1. The molecule has 0 amide bonds. The Kier molecular flexibility index (Phi) is 3.47. The van der Waals surface area contributed by atoms with E-state index < -0.39 is 0 Å². The third kappa shape index (κ3) is 2.55. The molecule has 0 N–H and O–H groups in total. The Morgan fingerprint density at radius 2 is 1.95 bits per heavy atom. The minimum atomic E-state index is -0.241. The first-order valence-corrected chi connectivity index (χ1v) is 7.18. The van der Waals surface area contributed by atoms with Gasteiger partial charge in [-0.1, -0.05) is 30.0 Å². The molecule has 0 fully saturated rings. The van der Waals surface area contributed by atoms with Gasteiger partial charge in [-0.05, 0) is 36.1 Å². The van der Waals surface area contributed by atoms with Gasteiger partial charge in [-0.2, -0.15) is 9.50 Å². The minimum Gasteiger partial charge on any atom is -0.220 e. The molecule has 0 saturated heterocycles. The SMILES string of the molecule is CSc1nc2nccc(/C=C/c3ccc(F)cc3)n2n1. The van der Waals surface area contributed by atoms with Crippen molar-refractivity contribution in [2.24, 2.45) is 0 Å². The molecule has 0 radical (unpaired) electrons. The molecule has 0 aliphatic heterocycles. The van der Waals surface area contributed by atoms with E-state index in [-0.39, 0.29) is 5.82 Å². The predicted molar refractivity (Wildman–Crippen MR) is 77.9 cm³/mol. The highest BCUT2D eigenvalue weighted by molar-refractivity contribution is 7.98. The molecule has 0 bridgehead atoms. The highest BCUT2D eigenvalue weighted by Gasteiger charge is 2.05. The molecule has 0 unspecified atom stereocenters. The van der Waals surface area contributed by atoms with Crippen molar-refractivity contribution >= 4 is 29.7 Å². The van der Waals surface area contributed by atoms with E-state index in [9.17, 15) is 4.39 Å². The van der Waals surface area contributed by atoms with Gasteiger partial charge in [0.25, 0.3) is 5.78 Å². The van der Waals surface area contributed by atoms with Crippen LogP contribution >= 0.6 is 11.8 Å². The Bertz CT molecular complexity index is 764. The molecule has 6 heteroatoms. The number of nitrogens with zero attached hydrogens (tertiary/aromatic N) is 4. The van der Waals surface area contributed by atoms with Crippen LogP contribution in [0.2, 0.25) is 0 Å². The van der Waals surface area contributed by atoms with Gasteiger partial charge in [0.05, 0.1) is 5.69 Å². The van der Waals surface area contributed by atoms with Crippen molar-refractivity contribution in [1.29, 1.82) is 0 Å². The van der Waals surface area contributed by atoms with E-state index >= 15 is 0 Å². The Labute approximate surface area is 119 Å². The van der Waals surface area contributed by atoms with E-state index in [0.29, 0.717) is 10.9 Å². The molecule has 100 valence electrons. The van der Waals surface area contributed by atoms with E-state index in [4.69, 9.17) is 0 Å². The Balaban J connectivity index is 1.97. The van der Waals surface area contributed by atoms with Crippen molar-refractivity contribution in [3.05, 3.63) is 53.6 Å². The average Bonchev–Trinajstić information content (AvgIpc) is 2.90. The number of hydrogen-bond donors (Lipinski definition) is 0. The minimum absolute atomic E-state index is 0.241. The molecule has 20 heavy (non-hydrogen) atoms. The second-order valence-electron chi connectivity index (χ2n) is 4.06. The lowest BCUT2D eigenvalue weighted by molar-refractivity contribution is 0.628. The van der Waals surface area contributed by atoms with Gasteiger partial charge in [-0.25, -0.2) is 9.37 Å². The van der Waals surface area contributed by atoms with E-state index in [2.05, 4.69) is 15.1 Å². The molecule has 3 aromatic rings. The zero-order valence-electron chi connectivity index (χ0n) is 10.7. The van der Waals surface area contributed by atoms with Crippen molar-refractivity contribution in [1.82, 2.24) is 19.6 Å². The number of fused-ring (bicyclic) bond motifs is 1. The molecular formula is C14H11FN4S. The summed E-state index contributed by atoms with van der Waals surface area (Å²) in [5.41, 5.74) is 1.79. The summed E-state index contributed by atoms with van der Waals surface area (Å²) in [5, 5.41) is 5.03. The van der Waals surface area contributed by atoms with Crippen molar-refractivity contribution in [2.45, 2.75) is 5.16 Å². The van der Waals surface area contributed by atoms with Crippen LogP contribution in [0.4, 0.5) is 4.39 Å². The Hall–Kier alpha value is -2.21. The summed E-state index contributed by atoms with van der Waals surface area (Å²) in [6, 6.07) is 8.16. The third-order valence-corrected chi connectivity index (χ3v) is 3.29. The lowest BCUT2D eigenvalue weighted by Crippen LogP contribution is -1.94. The maximum absolute atomic E-state index is 12.8. The zero-order valence-corrected chi connectivity index (χ0v) is 11.5. The number of aromatic nitrogens is 4. The van der Waals surface area contributed by atoms with Crippen LogP contribution in [-0.4, -0.2) is 25.8 Å². The van der Waals surface area contributed by atoms with Crippen LogP contribution in [0.3, 0.4) is 0 Å². The number of hydrogen-bond acceptors (Lipinski definition) is 4. The average molecular weight is 286 g/mol. The van der Waals surface area contributed by atoms with Gasteiger partial charge in [0.2, 0.25) is 5.16 Å². The van der Waals surface area contributed by atoms with Crippen LogP contribution in [0.15, 0.2) is 41.7 Å². The summed E-state index contributed by atoms with van der Waals surface area (Å²) < 4.78 is 14.5. The first-order chi connectivity index (χ1) is 9.76. The van der Waals surface area contributed by atoms with E-state index in [1.54, 1.807) is 22.8 Å². The van der Waals surface area contributed by atoms with Crippen molar-refractivity contribution < 1.29 is 4.39 Å². The third-order valence-electron chi connectivity index (χ3n) is 2.75. The molecule has 4 nitrogen and oxygen atoms in total. The number of halogens is 1. The molecule has 0 atom stereocenters. The summed E-state index contributed by atoms with van der Waals surface area (Å²) >= 11 is 1.47. The van der Waals surface area contributed by atoms with Gasteiger partial charge < -0.3 is 0 Å². The van der Waals surface area contributed by atoms with Gasteiger partial charge in [-0.15, -0.1) is 5.10 Å². The molecule has 0 aliphatic rings. The summed E-state index contributed by atoms with van der Waals surface area (Å²) in [7, 11) is 0. The second kappa shape index (κ2) is 5.42. The van der Waals surface area contributed by atoms with Crippen molar-refractivity contribution in [2.75, 3.05) is 6.26 Å². The molecular weight excluding hydrogens is 275 g/mol. The first-order valence-electron chi connectivity index (χ1n) is 5.96. The van der Waals surface area contributed by atoms with Crippen LogP contribution in [-0.2, 0) is 0 Å². The highest BCUT2D eigenvalue weighted by atomic mass is 32.2. The number of thioether (sulfide) groups is 1. The zero-order chi connectivity index (χ0) is 13.9. The predicted octanol–water partition coefficient (Wildman–Crippen LogP) is 3.16. The van der Waals surface area contributed by atoms with Gasteiger partial charge in [-0.3, -0.25) is 0 Å². The van der Waals surface area contributed by atoms with Crippen LogP contribution in [0.5, 0.6) is 0 Å².